The summed E-state index contributed by atoms with van der Waals surface area (Å²) in [4.78, 5) is 11.8. The third-order valence-electron chi connectivity index (χ3n) is 4.01. The topological polar surface area (TPSA) is 44.7 Å². The van der Waals surface area contributed by atoms with Crippen molar-refractivity contribution in [2.75, 3.05) is 5.01 Å². The van der Waals surface area contributed by atoms with Gasteiger partial charge in [-0.3, -0.25) is 9.80 Å². The molecule has 4 heteroatoms. The van der Waals surface area contributed by atoms with Crippen molar-refractivity contribution in [3.8, 4) is 0 Å². The maximum absolute atomic E-state index is 11.8. The lowest BCUT2D eigenvalue weighted by atomic mass is 9.99. The molecule has 0 saturated carbocycles. The van der Waals surface area contributed by atoms with Gasteiger partial charge in [-0.25, -0.2) is 0 Å². The minimum absolute atomic E-state index is 0.0277. The first kappa shape index (κ1) is 12.1. The first-order valence-corrected chi connectivity index (χ1v) is 7.10. The summed E-state index contributed by atoms with van der Waals surface area (Å²) in [6.07, 6.45) is 0.486. The Morgan fingerprint density at radius 3 is 2.38 bits per heavy atom. The van der Waals surface area contributed by atoms with Gasteiger partial charge in [0.05, 0.1) is 29.9 Å². The molecule has 2 unspecified atom stereocenters. The molecule has 0 bridgehead atoms. The third-order valence-corrected chi connectivity index (χ3v) is 4.01. The van der Waals surface area contributed by atoms with E-state index in [0.29, 0.717) is 6.42 Å². The Kier molecular flexibility index (Phi) is 2.74. The number of para-hydroxylation sites is 1. The summed E-state index contributed by atoms with van der Waals surface area (Å²) in [5.41, 5.74) is 3.03. The second-order valence-corrected chi connectivity index (χ2v) is 5.35. The number of rotatable bonds is 2. The molecule has 2 aliphatic rings. The molecule has 0 spiro atoms. The van der Waals surface area contributed by atoms with E-state index in [2.05, 4.69) is 5.32 Å². The van der Waals surface area contributed by atoms with E-state index in [9.17, 15) is 4.79 Å². The van der Waals surface area contributed by atoms with Crippen molar-refractivity contribution >= 4 is 17.3 Å². The summed E-state index contributed by atoms with van der Waals surface area (Å²) in [5, 5.41) is 9.81. The van der Waals surface area contributed by atoms with E-state index in [1.165, 1.54) is 0 Å². The van der Waals surface area contributed by atoms with Gasteiger partial charge in [0.15, 0.2) is 0 Å². The van der Waals surface area contributed by atoms with Gasteiger partial charge in [0.25, 0.3) is 0 Å². The van der Waals surface area contributed by atoms with Gasteiger partial charge >= 0.3 is 0 Å². The van der Waals surface area contributed by atoms with Crippen LogP contribution < -0.4 is 10.3 Å². The number of carbonyl (C=O) groups is 1. The Balaban J connectivity index is 1.78. The van der Waals surface area contributed by atoms with Crippen LogP contribution in [0.1, 0.15) is 12.0 Å². The van der Waals surface area contributed by atoms with Crippen molar-refractivity contribution in [1.29, 1.82) is 0 Å². The van der Waals surface area contributed by atoms with E-state index in [1.807, 2.05) is 65.7 Å². The maximum atomic E-state index is 11.8. The van der Waals surface area contributed by atoms with Crippen LogP contribution in [0.2, 0.25) is 0 Å². The SMILES string of the molecule is O=C1CC2C(N1)C(c1ccccc1)=NN2c1ccccc1. The van der Waals surface area contributed by atoms with Crippen LogP contribution in [0.5, 0.6) is 0 Å². The number of anilines is 1. The number of amides is 1. The van der Waals surface area contributed by atoms with Gasteiger partial charge in [0.2, 0.25) is 5.91 Å². The summed E-state index contributed by atoms with van der Waals surface area (Å²) in [7, 11) is 0. The molecule has 1 fully saturated rings. The molecular formula is C17H15N3O. The van der Waals surface area contributed by atoms with Gasteiger partial charge in [-0.15, -0.1) is 0 Å². The van der Waals surface area contributed by atoms with Gasteiger partial charge in [0, 0.05) is 0 Å². The Morgan fingerprint density at radius 1 is 1.00 bits per heavy atom. The lowest BCUT2D eigenvalue weighted by molar-refractivity contribution is -0.119. The smallest absolute Gasteiger partial charge is 0.222 e. The molecule has 1 saturated heterocycles. The van der Waals surface area contributed by atoms with Crippen LogP contribution in [0.4, 0.5) is 5.69 Å². The number of hydrogen-bond acceptors (Lipinski definition) is 3. The molecule has 0 radical (unpaired) electrons. The standard InChI is InChI=1S/C17H15N3O/c21-15-11-14-17(18-15)16(12-7-3-1-4-8-12)19-20(14)13-9-5-2-6-10-13/h1-10,14,17H,11H2,(H,18,21). The highest BCUT2D eigenvalue weighted by Crippen LogP contribution is 2.31. The van der Waals surface area contributed by atoms with Crippen molar-refractivity contribution in [1.82, 2.24) is 5.32 Å². The van der Waals surface area contributed by atoms with Gasteiger partial charge < -0.3 is 5.32 Å². The summed E-state index contributed by atoms with van der Waals surface area (Å²) in [6.45, 7) is 0. The maximum Gasteiger partial charge on any atom is 0.222 e. The number of fused-ring (bicyclic) bond motifs is 1. The Bertz CT molecular complexity index is 696. The van der Waals surface area contributed by atoms with Crippen LogP contribution in [0.15, 0.2) is 65.8 Å². The zero-order valence-electron chi connectivity index (χ0n) is 11.4. The van der Waals surface area contributed by atoms with E-state index in [0.717, 1.165) is 17.0 Å². The molecule has 2 aromatic rings. The van der Waals surface area contributed by atoms with Crippen LogP contribution in [0.3, 0.4) is 0 Å². The number of hydrogen-bond donors (Lipinski definition) is 1. The highest BCUT2D eigenvalue weighted by atomic mass is 16.2. The zero-order valence-corrected chi connectivity index (χ0v) is 11.4. The monoisotopic (exact) mass is 277 g/mol. The number of benzene rings is 2. The fourth-order valence-corrected chi connectivity index (χ4v) is 3.04. The second kappa shape index (κ2) is 4.74. The highest BCUT2D eigenvalue weighted by Gasteiger charge is 2.45. The normalized spacial score (nSPS) is 23.7. The van der Waals surface area contributed by atoms with Crippen LogP contribution in [0, 0.1) is 0 Å². The number of hydrazone groups is 1. The quantitative estimate of drug-likeness (QED) is 0.914. The predicted octanol–water partition coefficient (Wildman–Crippen LogP) is 2.17. The molecule has 4 rings (SSSR count). The fourth-order valence-electron chi connectivity index (χ4n) is 3.04. The summed E-state index contributed by atoms with van der Waals surface area (Å²) < 4.78 is 0. The Labute approximate surface area is 123 Å². The van der Waals surface area contributed by atoms with Crippen molar-refractivity contribution < 1.29 is 4.79 Å². The lowest BCUT2D eigenvalue weighted by Crippen LogP contribution is -2.39. The van der Waals surface area contributed by atoms with Crippen LogP contribution in [-0.4, -0.2) is 23.7 Å². The van der Waals surface area contributed by atoms with E-state index in [1.54, 1.807) is 0 Å². The van der Waals surface area contributed by atoms with Gasteiger partial charge in [-0.1, -0.05) is 48.5 Å². The van der Waals surface area contributed by atoms with Crippen molar-refractivity contribution in [2.45, 2.75) is 18.5 Å². The average Bonchev–Trinajstić information content (AvgIpc) is 3.06. The van der Waals surface area contributed by atoms with Gasteiger partial charge in [-0.2, -0.15) is 5.10 Å². The van der Waals surface area contributed by atoms with Gasteiger partial charge in [0.1, 0.15) is 0 Å². The van der Waals surface area contributed by atoms with Crippen LogP contribution in [0.25, 0.3) is 0 Å². The molecule has 0 aliphatic carbocycles. The average molecular weight is 277 g/mol. The highest BCUT2D eigenvalue weighted by molar-refractivity contribution is 6.10. The van der Waals surface area contributed by atoms with E-state index in [-0.39, 0.29) is 18.0 Å². The van der Waals surface area contributed by atoms with Gasteiger partial charge in [-0.05, 0) is 17.7 Å². The molecule has 104 valence electrons. The van der Waals surface area contributed by atoms with Crippen LogP contribution in [-0.2, 0) is 4.79 Å². The molecule has 21 heavy (non-hydrogen) atoms. The minimum atomic E-state index is -0.0277. The summed E-state index contributed by atoms with van der Waals surface area (Å²) in [5.74, 6) is 0.0919. The third kappa shape index (κ3) is 2.00. The Hall–Kier alpha value is -2.62. The van der Waals surface area contributed by atoms with Crippen LogP contribution >= 0.6 is 0 Å². The van der Waals surface area contributed by atoms with E-state index >= 15 is 0 Å². The molecule has 4 nitrogen and oxygen atoms in total. The molecule has 2 heterocycles. The molecule has 1 N–H and O–H groups in total. The number of carbonyl (C=O) groups excluding carboxylic acids is 1. The lowest BCUT2D eigenvalue weighted by Gasteiger charge is -2.21. The summed E-state index contributed by atoms with van der Waals surface area (Å²) in [6, 6.07) is 20.1. The van der Waals surface area contributed by atoms with Crippen molar-refractivity contribution in [2.24, 2.45) is 5.10 Å². The van der Waals surface area contributed by atoms with E-state index in [4.69, 9.17) is 5.10 Å². The molecular weight excluding hydrogens is 262 g/mol. The molecule has 0 aromatic heterocycles. The minimum Gasteiger partial charge on any atom is -0.345 e. The molecule has 2 atom stereocenters. The molecule has 2 aromatic carbocycles. The molecule has 1 amide bonds. The molecule has 2 aliphatic heterocycles. The largest absolute Gasteiger partial charge is 0.345 e. The first-order valence-electron chi connectivity index (χ1n) is 7.10. The zero-order chi connectivity index (χ0) is 14.2. The van der Waals surface area contributed by atoms with E-state index < -0.39 is 0 Å². The van der Waals surface area contributed by atoms with Crippen molar-refractivity contribution in [3.63, 3.8) is 0 Å². The fraction of sp³-hybridized carbons (Fsp3) is 0.176. The first-order chi connectivity index (χ1) is 10.3. The summed E-state index contributed by atoms with van der Waals surface area (Å²) >= 11 is 0. The second-order valence-electron chi connectivity index (χ2n) is 5.35. The number of nitrogens with one attached hydrogen (secondary N) is 1. The predicted molar refractivity (Wildman–Crippen MR) is 82.2 cm³/mol. The number of nitrogens with zero attached hydrogens (tertiary/aromatic N) is 2. The van der Waals surface area contributed by atoms with Crippen molar-refractivity contribution in [3.05, 3.63) is 66.2 Å². The Morgan fingerprint density at radius 2 is 1.67 bits per heavy atom.